The Bertz CT molecular complexity index is 1470. The van der Waals surface area contributed by atoms with E-state index in [1.807, 2.05) is 26.2 Å². The maximum Gasteiger partial charge on any atom is 0.257 e. The van der Waals surface area contributed by atoms with E-state index in [-0.39, 0.29) is 11.8 Å². The van der Waals surface area contributed by atoms with Crippen LogP contribution in [0.15, 0.2) is 43.0 Å². The minimum atomic E-state index is -0.296. The summed E-state index contributed by atoms with van der Waals surface area (Å²) < 4.78 is 1.73. The molecule has 0 aromatic carbocycles. The Hall–Kier alpha value is -4.05. The third-order valence-electron chi connectivity index (χ3n) is 7.24. The molecule has 1 saturated heterocycles. The van der Waals surface area contributed by atoms with Gasteiger partial charge in [0, 0.05) is 43.0 Å². The molecule has 6 rings (SSSR count). The number of H-pyrrole nitrogens is 1. The summed E-state index contributed by atoms with van der Waals surface area (Å²) in [6.07, 6.45) is 10.5. The van der Waals surface area contributed by atoms with E-state index in [4.69, 9.17) is 0 Å². The van der Waals surface area contributed by atoms with Crippen molar-refractivity contribution in [2.45, 2.75) is 32.2 Å². The molecule has 10 nitrogen and oxygen atoms in total. The van der Waals surface area contributed by atoms with Crippen molar-refractivity contribution in [3.8, 4) is 11.3 Å². The lowest BCUT2D eigenvalue weighted by molar-refractivity contribution is -0.117. The highest BCUT2D eigenvalue weighted by Gasteiger charge is 2.38. The van der Waals surface area contributed by atoms with Crippen LogP contribution in [0.4, 0.5) is 11.4 Å². The van der Waals surface area contributed by atoms with Crippen LogP contribution in [0.25, 0.3) is 22.3 Å². The maximum atomic E-state index is 13.0. The molecule has 5 heterocycles. The van der Waals surface area contributed by atoms with Crippen LogP contribution in [0.2, 0.25) is 0 Å². The van der Waals surface area contributed by atoms with Crippen molar-refractivity contribution < 1.29 is 9.59 Å². The largest absolute Gasteiger partial charge is 0.339 e. The zero-order valence-electron chi connectivity index (χ0n) is 20.3. The molecule has 2 atom stereocenters. The zero-order chi connectivity index (χ0) is 24.8. The summed E-state index contributed by atoms with van der Waals surface area (Å²) in [5, 5.41) is 10.9. The molecule has 184 valence electrons. The Morgan fingerprint density at radius 3 is 2.75 bits per heavy atom. The zero-order valence-corrected chi connectivity index (χ0v) is 20.3. The second-order valence-electron chi connectivity index (χ2n) is 9.87. The molecule has 2 amide bonds. The minimum absolute atomic E-state index is 0.0583. The fourth-order valence-corrected chi connectivity index (χ4v) is 5.38. The molecular weight excluding hydrogens is 456 g/mol. The van der Waals surface area contributed by atoms with E-state index in [0.29, 0.717) is 40.9 Å². The standard InChI is InChI=1S/C26H28N8O2/c1-15-22(8-20(11-27-15)30-24(35)14-34-12-16-3-4-21(34)5-16)32-26(36)18-6-17-7-23(31-25(17)28-9-18)19-10-29-33(2)13-19/h6-11,13,16,21H,3-5,12,14H2,1-2H3,(H,28,31)(H,30,35)(H,32,36)/t16-,21+/m0/s1. The maximum absolute atomic E-state index is 13.0. The van der Waals surface area contributed by atoms with Crippen molar-refractivity contribution in [2.24, 2.45) is 13.0 Å². The first kappa shape index (κ1) is 22.4. The van der Waals surface area contributed by atoms with Gasteiger partial charge in [0.25, 0.3) is 5.91 Å². The van der Waals surface area contributed by atoms with Crippen LogP contribution < -0.4 is 10.6 Å². The van der Waals surface area contributed by atoms with E-state index in [1.54, 1.807) is 35.4 Å². The van der Waals surface area contributed by atoms with Gasteiger partial charge in [0.05, 0.1) is 47.3 Å². The second-order valence-corrected chi connectivity index (χ2v) is 9.87. The van der Waals surface area contributed by atoms with Gasteiger partial charge in [-0.05, 0) is 50.3 Å². The summed E-state index contributed by atoms with van der Waals surface area (Å²) >= 11 is 0. The van der Waals surface area contributed by atoms with Gasteiger partial charge in [-0.1, -0.05) is 0 Å². The summed E-state index contributed by atoms with van der Waals surface area (Å²) in [7, 11) is 1.86. The van der Waals surface area contributed by atoms with Crippen LogP contribution in [0.1, 0.15) is 35.3 Å². The van der Waals surface area contributed by atoms with Gasteiger partial charge in [-0.3, -0.25) is 24.2 Å². The smallest absolute Gasteiger partial charge is 0.257 e. The molecule has 2 aliphatic rings. The molecule has 36 heavy (non-hydrogen) atoms. The fraction of sp³-hybridized carbons (Fsp3) is 0.346. The van der Waals surface area contributed by atoms with Gasteiger partial charge >= 0.3 is 0 Å². The lowest BCUT2D eigenvalue weighted by atomic mass is 10.1. The van der Waals surface area contributed by atoms with E-state index in [0.717, 1.165) is 29.1 Å². The van der Waals surface area contributed by atoms with Crippen LogP contribution in [0.5, 0.6) is 0 Å². The van der Waals surface area contributed by atoms with E-state index in [1.165, 1.54) is 19.3 Å². The molecule has 1 saturated carbocycles. The minimum Gasteiger partial charge on any atom is -0.339 e. The number of rotatable bonds is 6. The molecule has 1 aliphatic heterocycles. The van der Waals surface area contributed by atoms with Crippen LogP contribution in [-0.2, 0) is 11.8 Å². The summed E-state index contributed by atoms with van der Waals surface area (Å²) in [6, 6.07) is 6.03. The highest BCUT2D eigenvalue weighted by molar-refractivity contribution is 6.06. The first-order chi connectivity index (χ1) is 17.4. The van der Waals surface area contributed by atoms with Crippen LogP contribution >= 0.6 is 0 Å². The quantitative estimate of drug-likeness (QED) is 0.386. The van der Waals surface area contributed by atoms with Gasteiger partial charge in [-0.2, -0.15) is 5.10 Å². The molecule has 4 aromatic heterocycles. The van der Waals surface area contributed by atoms with Crippen molar-refractivity contribution >= 4 is 34.2 Å². The van der Waals surface area contributed by atoms with Gasteiger partial charge in [0.15, 0.2) is 0 Å². The number of amides is 2. The number of aromatic amines is 1. The van der Waals surface area contributed by atoms with E-state index in [2.05, 4.69) is 35.6 Å². The van der Waals surface area contributed by atoms with Crippen molar-refractivity contribution in [1.82, 2.24) is 29.6 Å². The van der Waals surface area contributed by atoms with Crippen LogP contribution in [-0.4, -0.2) is 60.6 Å². The monoisotopic (exact) mass is 484 g/mol. The Morgan fingerprint density at radius 1 is 1.11 bits per heavy atom. The first-order valence-electron chi connectivity index (χ1n) is 12.2. The van der Waals surface area contributed by atoms with Gasteiger partial charge in [-0.25, -0.2) is 4.98 Å². The number of fused-ring (bicyclic) bond motifs is 3. The van der Waals surface area contributed by atoms with Crippen molar-refractivity contribution in [3.63, 3.8) is 0 Å². The summed E-state index contributed by atoms with van der Waals surface area (Å²) in [5.74, 6) is 0.388. The molecule has 3 N–H and O–H groups in total. The molecule has 0 radical (unpaired) electrons. The molecule has 1 aliphatic carbocycles. The number of pyridine rings is 2. The van der Waals surface area contributed by atoms with Gasteiger partial charge in [0.1, 0.15) is 5.65 Å². The highest BCUT2D eigenvalue weighted by Crippen LogP contribution is 2.37. The molecule has 0 spiro atoms. The number of likely N-dealkylation sites (tertiary alicyclic amines) is 1. The average molecular weight is 485 g/mol. The van der Waals surface area contributed by atoms with E-state index < -0.39 is 0 Å². The lowest BCUT2D eigenvalue weighted by Crippen LogP contribution is -2.38. The summed E-state index contributed by atoms with van der Waals surface area (Å²) in [4.78, 5) is 40.0. The second kappa shape index (κ2) is 8.87. The van der Waals surface area contributed by atoms with E-state index in [9.17, 15) is 9.59 Å². The lowest BCUT2D eigenvalue weighted by Gasteiger charge is -2.25. The average Bonchev–Trinajstić information content (AvgIpc) is 3.64. The number of nitrogens with zero attached hydrogens (tertiary/aromatic N) is 5. The molecule has 2 fully saturated rings. The fourth-order valence-electron chi connectivity index (χ4n) is 5.38. The van der Waals surface area contributed by atoms with Crippen molar-refractivity contribution in [1.29, 1.82) is 0 Å². The highest BCUT2D eigenvalue weighted by atomic mass is 16.2. The first-order valence-corrected chi connectivity index (χ1v) is 12.2. The Labute approximate surface area is 208 Å². The number of carbonyl (C=O) groups excluding carboxylic acids is 2. The number of piperidine rings is 1. The predicted molar refractivity (Wildman–Crippen MR) is 137 cm³/mol. The molecule has 0 unspecified atom stereocenters. The third kappa shape index (κ3) is 4.35. The van der Waals surface area contributed by atoms with Crippen molar-refractivity contribution in [3.05, 3.63) is 54.2 Å². The normalized spacial score (nSPS) is 19.2. The number of nitrogens with one attached hydrogen (secondary N) is 3. The Morgan fingerprint density at radius 2 is 2.00 bits per heavy atom. The number of carbonyl (C=O) groups is 2. The number of anilines is 2. The van der Waals surface area contributed by atoms with Crippen LogP contribution in [0, 0.1) is 12.8 Å². The summed E-state index contributed by atoms with van der Waals surface area (Å²) in [5.41, 5.74) is 4.71. The van der Waals surface area contributed by atoms with Gasteiger partial charge < -0.3 is 15.6 Å². The van der Waals surface area contributed by atoms with Gasteiger partial charge in [0.2, 0.25) is 5.91 Å². The molecule has 4 aromatic rings. The third-order valence-corrected chi connectivity index (χ3v) is 7.24. The molecular formula is C26H28N8O2. The molecule has 10 heteroatoms. The number of aryl methyl sites for hydroxylation is 2. The number of aromatic nitrogens is 5. The molecule has 2 bridgehead atoms. The number of hydrogen-bond donors (Lipinski definition) is 3. The number of hydrogen-bond acceptors (Lipinski definition) is 6. The van der Waals surface area contributed by atoms with Crippen molar-refractivity contribution in [2.75, 3.05) is 23.7 Å². The Kier molecular flexibility index (Phi) is 5.52. The van der Waals surface area contributed by atoms with Gasteiger partial charge in [-0.15, -0.1) is 0 Å². The van der Waals surface area contributed by atoms with Crippen LogP contribution in [0.3, 0.4) is 0 Å². The summed E-state index contributed by atoms with van der Waals surface area (Å²) in [6.45, 7) is 3.21. The SMILES string of the molecule is Cc1ncc(NC(=O)CN2C[C@H]3CC[C@@H]2C3)cc1NC(=O)c1cnc2[nH]c(-c3cnn(C)c3)cc2c1. The predicted octanol–water partition coefficient (Wildman–Crippen LogP) is 3.34. The Balaban J connectivity index is 1.14. The van der Waals surface area contributed by atoms with E-state index >= 15 is 0 Å². The topological polar surface area (TPSA) is 121 Å².